The lowest BCUT2D eigenvalue weighted by Crippen LogP contribution is -2.37. The van der Waals surface area contributed by atoms with E-state index in [1.165, 1.54) is 10.4 Å². The minimum atomic E-state index is -3.63. The zero-order valence-electron chi connectivity index (χ0n) is 12.7. The molecule has 0 bridgehead atoms. The molecule has 22 heavy (non-hydrogen) atoms. The highest BCUT2D eigenvalue weighted by atomic mass is 32.2. The first-order valence-electron chi connectivity index (χ1n) is 7.43. The third-order valence-electron chi connectivity index (χ3n) is 3.66. The summed E-state index contributed by atoms with van der Waals surface area (Å²) < 4.78 is 31.9. The highest BCUT2D eigenvalue weighted by Gasteiger charge is 2.29. The van der Waals surface area contributed by atoms with Crippen LogP contribution in [0, 0.1) is 0 Å². The topological polar surface area (TPSA) is 75.7 Å². The van der Waals surface area contributed by atoms with Crippen LogP contribution in [-0.4, -0.2) is 52.0 Å². The van der Waals surface area contributed by atoms with Crippen LogP contribution in [-0.2, 0) is 14.8 Å². The Morgan fingerprint density at radius 1 is 1.23 bits per heavy atom. The van der Waals surface area contributed by atoms with Crippen molar-refractivity contribution in [3.63, 3.8) is 0 Å². The molecule has 1 amide bonds. The molecular weight excluding hydrogens is 304 g/mol. The van der Waals surface area contributed by atoms with Gasteiger partial charge in [-0.2, -0.15) is 4.31 Å². The number of carbonyl (C=O) groups is 1. The van der Waals surface area contributed by atoms with Crippen molar-refractivity contribution >= 4 is 15.9 Å². The molecule has 1 aromatic rings. The van der Waals surface area contributed by atoms with Crippen LogP contribution in [0.25, 0.3) is 0 Å². The van der Waals surface area contributed by atoms with Crippen LogP contribution >= 0.6 is 0 Å². The third-order valence-corrected chi connectivity index (χ3v) is 5.61. The van der Waals surface area contributed by atoms with Gasteiger partial charge in [0.25, 0.3) is 5.91 Å². The van der Waals surface area contributed by atoms with E-state index in [0.717, 1.165) is 19.3 Å². The summed E-state index contributed by atoms with van der Waals surface area (Å²) in [5.74, 6) is -0.395. The second-order valence-electron chi connectivity index (χ2n) is 5.21. The standard InChI is InChI=1S/C15H22N2O4S/c1-21-12-9-16-15(18)13-7-3-4-8-14(13)22(19,20)17-10-5-2-6-11-17/h3-4,7-8H,2,5-6,9-12H2,1H3,(H,16,18). The number of benzene rings is 1. The number of nitrogens with one attached hydrogen (secondary N) is 1. The van der Waals surface area contributed by atoms with E-state index in [1.54, 1.807) is 25.3 Å². The Balaban J connectivity index is 2.25. The van der Waals surface area contributed by atoms with Crippen LogP contribution in [0.2, 0.25) is 0 Å². The maximum Gasteiger partial charge on any atom is 0.252 e. The molecule has 0 atom stereocenters. The highest BCUT2D eigenvalue weighted by Crippen LogP contribution is 2.23. The van der Waals surface area contributed by atoms with E-state index in [9.17, 15) is 13.2 Å². The first-order valence-corrected chi connectivity index (χ1v) is 8.87. The summed E-state index contributed by atoms with van der Waals surface area (Å²) in [7, 11) is -2.08. The van der Waals surface area contributed by atoms with Crippen molar-refractivity contribution in [2.75, 3.05) is 33.4 Å². The van der Waals surface area contributed by atoms with Crippen LogP contribution < -0.4 is 5.32 Å². The lowest BCUT2D eigenvalue weighted by molar-refractivity contribution is 0.0933. The summed E-state index contributed by atoms with van der Waals surface area (Å²) in [6.45, 7) is 1.75. The van der Waals surface area contributed by atoms with E-state index in [0.29, 0.717) is 26.2 Å². The number of sulfonamides is 1. The first-order chi connectivity index (χ1) is 10.6. The van der Waals surface area contributed by atoms with E-state index >= 15 is 0 Å². The molecule has 0 radical (unpaired) electrons. The molecule has 1 fully saturated rings. The molecule has 6 nitrogen and oxygen atoms in total. The lowest BCUT2D eigenvalue weighted by Gasteiger charge is -2.26. The average molecular weight is 326 g/mol. The minimum Gasteiger partial charge on any atom is -0.383 e. The summed E-state index contributed by atoms with van der Waals surface area (Å²) in [4.78, 5) is 12.3. The molecule has 7 heteroatoms. The van der Waals surface area contributed by atoms with E-state index in [4.69, 9.17) is 4.74 Å². The number of amides is 1. The molecule has 0 saturated carbocycles. The molecule has 1 N–H and O–H groups in total. The van der Waals surface area contributed by atoms with Crippen molar-refractivity contribution in [1.82, 2.24) is 9.62 Å². The van der Waals surface area contributed by atoms with Crippen molar-refractivity contribution in [2.45, 2.75) is 24.2 Å². The van der Waals surface area contributed by atoms with Gasteiger partial charge in [-0.05, 0) is 25.0 Å². The predicted octanol–water partition coefficient (Wildman–Crippen LogP) is 1.24. The fourth-order valence-electron chi connectivity index (χ4n) is 2.49. The Morgan fingerprint density at radius 2 is 1.91 bits per heavy atom. The summed E-state index contributed by atoms with van der Waals surface area (Å²) in [6, 6.07) is 6.34. The molecule has 0 aliphatic carbocycles. The van der Waals surface area contributed by atoms with Crippen LogP contribution in [0.5, 0.6) is 0 Å². The predicted molar refractivity (Wildman–Crippen MR) is 83.3 cm³/mol. The molecule has 122 valence electrons. The van der Waals surface area contributed by atoms with Crippen LogP contribution in [0.15, 0.2) is 29.2 Å². The molecule has 1 heterocycles. The molecule has 0 unspecified atom stereocenters. The van der Waals surface area contributed by atoms with Gasteiger partial charge in [0.15, 0.2) is 0 Å². The quantitative estimate of drug-likeness (QED) is 0.798. The third kappa shape index (κ3) is 3.85. The Bertz CT molecular complexity index is 610. The lowest BCUT2D eigenvalue weighted by atomic mass is 10.2. The Morgan fingerprint density at radius 3 is 2.59 bits per heavy atom. The minimum absolute atomic E-state index is 0.0758. The maximum atomic E-state index is 12.8. The zero-order valence-corrected chi connectivity index (χ0v) is 13.6. The van der Waals surface area contributed by atoms with Crippen molar-refractivity contribution in [3.05, 3.63) is 29.8 Å². The molecule has 1 aliphatic rings. The van der Waals surface area contributed by atoms with Crippen molar-refractivity contribution in [1.29, 1.82) is 0 Å². The largest absolute Gasteiger partial charge is 0.383 e. The van der Waals surface area contributed by atoms with Crippen LogP contribution in [0.4, 0.5) is 0 Å². The van der Waals surface area contributed by atoms with E-state index in [1.807, 2.05) is 0 Å². The SMILES string of the molecule is COCCNC(=O)c1ccccc1S(=O)(=O)N1CCCCC1. The normalized spacial score (nSPS) is 16.4. The fraction of sp³-hybridized carbons (Fsp3) is 0.533. The van der Waals surface area contributed by atoms with Gasteiger partial charge in [-0.25, -0.2) is 8.42 Å². The van der Waals surface area contributed by atoms with Crippen LogP contribution in [0.1, 0.15) is 29.6 Å². The van der Waals surface area contributed by atoms with E-state index in [2.05, 4.69) is 5.32 Å². The number of nitrogens with zero attached hydrogens (tertiary/aromatic N) is 1. The van der Waals surface area contributed by atoms with Gasteiger partial charge in [-0.1, -0.05) is 18.6 Å². The zero-order chi connectivity index (χ0) is 16.0. The Kier molecular flexibility index (Phi) is 5.93. The number of methoxy groups -OCH3 is 1. The number of ether oxygens (including phenoxy) is 1. The van der Waals surface area contributed by atoms with Gasteiger partial charge >= 0.3 is 0 Å². The summed E-state index contributed by atoms with van der Waals surface area (Å²) >= 11 is 0. The molecule has 1 aromatic carbocycles. The molecule has 1 aliphatic heterocycles. The molecule has 0 spiro atoms. The van der Waals surface area contributed by atoms with E-state index < -0.39 is 15.9 Å². The Labute approximate surface area is 131 Å². The average Bonchev–Trinajstić information content (AvgIpc) is 2.56. The second-order valence-corrected chi connectivity index (χ2v) is 7.12. The monoisotopic (exact) mass is 326 g/mol. The number of rotatable bonds is 6. The van der Waals surface area contributed by atoms with Gasteiger partial charge in [0.1, 0.15) is 0 Å². The van der Waals surface area contributed by atoms with Gasteiger partial charge in [-0.3, -0.25) is 4.79 Å². The number of hydrogen-bond donors (Lipinski definition) is 1. The van der Waals surface area contributed by atoms with Crippen LogP contribution in [0.3, 0.4) is 0 Å². The Hall–Kier alpha value is -1.44. The van der Waals surface area contributed by atoms with Crippen molar-refractivity contribution in [2.24, 2.45) is 0 Å². The fourth-order valence-corrected chi connectivity index (χ4v) is 4.19. The van der Waals surface area contributed by atoms with Gasteiger partial charge in [0, 0.05) is 26.7 Å². The molecular formula is C15H22N2O4S. The summed E-state index contributed by atoms with van der Waals surface area (Å²) in [5, 5.41) is 2.67. The summed E-state index contributed by atoms with van der Waals surface area (Å²) in [6.07, 6.45) is 2.77. The van der Waals surface area contributed by atoms with Crippen molar-refractivity contribution in [3.8, 4) is 0 Å². The second kappa shape index (κ2) is 7.71. The summed E-state index contributed by atoms with van der Waals surface area (Å²) in [5.41, 5.74) is 0.184. The van der Waals surface area contributed by atoms with Gasteiger partial charge in [-0.15, -0.1) is 0 Å². The van der Waals surface area contributed by atoms with Gasteiger partial charge < -0.3 is 10.1 Å². The maximum absolute atomic E-state index is 12.8. The van der Waals surface area contributed by atoms with Gasteiger partial charge in [0.2, 0.25) is 10.0 Å². The number of carbonyl (C=O) groups excluding carboxylic acids is 1. The first kappa shape index (κ1) is 16.9. The number of hydrogen-bond acceptors (Lipinski definition) is 4. The van der Waals surface area contributed by atoms with E-state index in [-0.39, 0.29) is 10.5 Å². The van der Waals surface area contributed by atoms with Gasteiger partial charge in [0.05, 0.1) is 17.1 Å². The molecule has 2 rings (SSSR count). The molecule has 1 saturated heterocycles. The highest BCUT2D eigenvalue weighted by molar-refractivity contribution is 7.89. The smallest absolute Gasteiger partial charge is 0.252 e. The number of piperidine rings is 1. The van der Waals surface area contributed by atoms with Crippen molar-refractivity contribution < 1.29 is 17.9 Å². The molecule has 0 aromatic heterocycles.